The molecule has 3 atom stereocenters. The van der Waals surface area contributed by atoms with E-state index in [4.69, 9.17) is 0 Å². The Morgan fingerprint density at radius 2 is 2.11 bits per heavy atom. The topological polar surface area (TPSA) is 89.7 Å². The van der Waals surface area contributed by atoms with Gasteiger partial charge in [0.15, 0.2) is 0 Å². The van der Waals surface area contributed by atoms with Crippen LogP contribution in [0.4, 0.5) is 11.6 Å². The van der Waals surface area contributed by atoms with Gasteiger partial charge in [-0.15, -0.1) is 5.10 Å². The fourth-order valence-electron chi connectivity index (χ4n) is 3.56. The van der Waals surface area contributed by atoms with Crippen LogP contribution in [0.1, 0.15) is 25.5 Å². The number of thioether (sulfide) groups is 1. The molecule has 1 aliphatic heterocycles. The highest BCUT2D eigenvalue weighted by Gasteiger charge is 2.42. The van der Waals surface area contributed by atoms with E-state index in [2.05, 4.69) is 32.7 Å². The molecule has 9 heteroatoms. The Labute approximate surface area is 167 Å². The van der Waals surface area contributed by atoms with E-state index < -0.39 is 0 Å². The fourth-order valence-corrected chi connectivity index (χ4v) is 4.12. The number of carbonyl (C=O) groups is 1. The highest BCUT2D eigenvalue weighted by Crippen LogP contribution is 2.37. The summed E-state index contributed by atoms with van der Waals surface area (Å²) in [4.78, 5) is 17.9. The molecular formula is C19H23N7OS. The number of anilines is 2. The Morgan fingerprint density at radius 3 is 2.79 bits per heavy atom. The van der Waals surface area contributed by atoms with Crippen LogP contribution in [0.5, 0.6) is 0 Å². The number of benzene rings is 1. The summed E-state index contributed by atoms with van der Waals surface area (Å²) < 4.78 is 3.57. The molecule has 1 amide bonds. The lowest BCUT2D eigenvalue weighted by Crippen LogP contribution is -2.46. The summed E-state index contributed by atoms with van der Waals surface area (Å²) >= 11 is 1.58. The molecule has 146 valence electrons. The van der Waals surface area contributed by atoms with Gasteiger partial charge in [-0.3, -0.25) is 9.48 Å². The van der Waals surface area contributed by atoms with Crippen LogP contribution in [0.15, 0.2) is 47.9 Å². The van der Waals surface area contributed by atoms with Crippen molar-refractivity contribution in [1.29, 1.82) is 0 Å². The Kier molecular flexibility index (Phi) is 5.08. The zero-order valence-corrected chi connectivity index (χ0v) is 16.8. The first-order valence-corrected chi connectivity index (χ1v) is 10.3. The Hall–Kier alpha value is -2.81. The molecule has 1 aromatic carbocycles. The predicted molar refractivity (Wildman–Crippen MR) is 109 cm³/mol. The van der Waals surface area contributed by atoms with E-state index in [0.717, 1.165) is 17.0 Å². The van der Waals surface area contributed by atoms with Crippen LogP contribution in [0.3, 0.4) is 0 Å². The van der Waals surface area contributed by atoms with Crippen LogP contribution < -0.4 is 10.6 Å². The molecule has 1 aliphatic rings. The minimum absolute atomic E-state index is 0.0640. The number of fused-ring (bicyclic) bond motifs is 1. The minimum atomic E-state index is -0.377. The summed E-state index contributed by atoms with van der Waals surface area (Å²) in [5, 5.41) is 16.1. The average molecular weight is 398 g/mol. The van der Waals surface area contributed by atoms with Gasteiger partial charge in [-0.05, 0) is 24.8 Å². The quantitative estimate of drug-likeness (QED) is 0.644. The molecule has 0 unspecified atom stereocenters. The molecule has 2 aromatic heterocycles. The van der Waals surface area contributed by atoms with Gasteiger partial charge in [0, 0.05) is 30.5 Å². The number of hydrogen-bond donors (Lipinski definition) is 2. The summed E-state index contributed by atoms with van der Waals surface area (Å²) in [6.45, 7) is 4.07. The molecule has 0 fully saturated rings. The van der Waals surface area contributed by atoms with Crippen LogP contribution in [0.25, 0.3) is 0 Å². The van der Waals surface area contributed by atoms with Gasteiger partial charge < -0.3 is 10.6 Å². The van der Waals surface area contributed by atoms with Crippen LogP contribution in [-0.4, -0.2) is 42.2 Å². The molecule has 4 rings (SSSR count). The SMILES string of the molecule is CCSc1nc2n(n1)[C@@H](c1cnn(C)c1)[C@@H](C(=O)Nc1ccccc1)[C@@H](C)N2. The lowest BCUT2D eigenvalue weighted by Gasteiger charge is -2.36. The van der Waals surface area contributed by atoms with Crippen LogP contribution in [0.2, 0.25) is 0 Å². The van der Waals surface area contributed by atoms with Gasteiger partial charge in [0.2, 0.25) is 17.0 Å². The minimum Gasteiger partial charge on any atom is -0.351 e. The van der Waals surface area contributed by atoms with Crippen LogP contribution >= 0.6 is 11.8 Å². The standard InChI is InChI=1S/C19H23N7OS/c1-4-28-19-23-18-21-12(2)15(17(27)22-14-8-6-5-7-9-14)16(26(18)24-19)13-10-20-25(3)11-13/h5-12,15-16H,4H2,1-3H3,(H,22,27)(H,21,23,24)/t12-,15+,16+/m1/s1. The van der Waals surface area contributed by atoms with Crippen molar-refractivity contribution in [1.82, 2.24) is 24.5 Å². The van der Waals surface area contributed by atoms with Crippen molar-refractivity contribution in [2.75, 3.05) is 16.4 Å². The van der Waals surface area contributed by atoms with Gasteiger partial charge in [-0.2, -0.15) is 10.1 Å². The van der Waals surface area contributed by atoms with Gasteiger partial charge >= 0.3 is 0 Å². The van der Waals surface area contributed by atoms with E-state index in [0.29, 0.717) is 11.1 Å². The van der Waals surface area contributed by atoms with Crippen molar-refractivity contribution < 1.29 is 4.79 Å². The highest BCUT2D eigenvalue weighted by molar-refractivity contribution is 7.99. The maximum Gasteiger partial charge on any atom is 0.232 e. The lowest BCUT2D eigenvalue weighted by atomic mass is 9.86. The zero-order valence-electron chi connectivity index (χ0n) is 16.0. The maximum absolute atomic E-state index is 13.3. The summed E-state index contributed by atoms with van der Waals surface area (Å²) in [6, 6.07) is 9.09. The first-order valence-electron chi connectivity index (χ1n) is 9.27. The van der Waals surface area contributed by atoms with Crippen molar-refractivity contribution in [3.05, 3.63) is 48.3 Å². The molecule has 2 N–H and O–H groups in total. The van der Waals surface area contributed by atoms with E-state index in [1.165, 1.54) is 0 Å². The second-order valence-electron chi connectivity index (χ2n) is 6.80. The van der Waals surface area contributed by atoms with Gasteiger partial charge in [0.25, 0.3) is 0 Å². The van der Waals surface area contributed by atoms with Gasteiger partial charge in [-0.1, -0.05) is 36.9 Å². The van der Waals surface area contributed by atoms with Crippen molar-refractivity contribution in [2.45, 2.75) is 31.1 Å². The highest BCUT2D eigenvalue weighted by atomic mass is 32.2. The number of hydrogen-bond acceptors (Lipinski definition) is 6. The predicted octanol–water partition coefficient (Wildman–Crippen LogP) is 2.78. The molecule has 0 radical (unpaired) electrons. The maximum atomic E-state index is 13.3. The number of rotatable bonds is 5. The first-order chi connectivity index (χ1) is 13.6. The molecule has 3 aromatic rings. The second kappa shape index (κ2) is 7.67. The van der Waals surface area contributed by atoms with E-state index in [-0.39, 0.29) is 23.9 Å². The molecule has 0 spiro atoms. The molecule has 0 saturated heterocycles. The Morgan fingerprint density at radius 1 is 1.32 bits per heavy atom. The average Bonchev–Trinajstić information content (AvgIpc) is 3.27. The molecule has 28 heavy (non-hydrogen) atoms. The second-order valence-corrected chi connectivity index (χ2v) is 8.03. The number of nitrogens with zero attached hydrogens (tertiary/aromatic N) is 5. The molecule has 0 bridgehead atoms. The van der Waals surface area contributed by atoms with E-state index in [1.807, 2.05) is 55.2 Å². The molecule has 8 nitrogen and oxygen atoms in total. The molecule has 0 saturated carbocycles. The Balaban J connectivity index is 1.73. The number of carbonyl (C=O) groups excluding carboxylic acids is 1. The third-order valence-corrected chi connectivity index (χ3v) is 5.51. The van der Waals surface area contributed by atoms with Crippen molar-refractivity contribution in [2.24, 2.45) is 13.0 Å². The summed E-state index contributed by atoms with van der Waals surface area (Å²) in [7, 11) is 1.87. The first kappa shape index (κ1) is 18.5. The number of aromatic nitrogens is 5. The number of amides is 1. The smallest absolute Gasteiger partial charge is 0.232 e. The van der Waals surface area contributed by atoms with Crippen molar-refractivity contribution in [3.8, 4) is 0 Å². The van der Waals surface area contributed by atoms with Crippen molar-refractivity contribution in [3.63, 3.8) is 0 Å². The zero-order chi connectivity index (χ0) is 19.7. The van der Waals surface area contributed by atoms with Gasteiger partial charge in [0.05, 0.1) is 18.2 Å². The number of aryl methyl sites for hydroxylation is 1. The van der Waals surface area contributed by atoms with Gasteiger partial charge in [-0.25, -0.2) is 4.68 Å². The van der Waals surface area contributed by atoms with E-state index >= 15 is 0 Å². The van der Waals surface area contributed by atoms with Crippen LogP contribution in [0, 0.1) is 5.92 Å². The van der Waals surface area contributed by atoms with Crippen molar-refractivity contribution >= 4 is 29.3 Å². The van der Waals surface area contributed by atoms with E-state index in [9.17, 15) is 4.79 Å². The van der Waals surface area contributed by atoms with E-state index in [1.54, 1.807) is 22.6 Å². The number of para-hydroxylation sites is 1. The summed E-state index contributed by atoms with van der Waals surface area (Å²) in [5.41, 5.74) is 1.71. The fraction of sp³-hybridized carbons (Fsp3) is 0.368. The van der Waals surface area contributed by atoms with Crippen LogP contribution in [-0.2, 0) is 11.8 Å². The Bertz CT molecular complexity index is 968. The third-order valence-electron chi connectivity index (χ3n) is 4.79. The lowest BCUT2D eigenvalue weighted by molar-refractivity contribution is -0.121. The molecule has 0 aliphatic carbocycles. The molecule has 3 heterocycles. The third kappa shape index (κ3) is 3.49. The molecular weight excluding hydrogens is 374 g/mol. The monoisotopic (exact) mass is 397 g/mol. The summed E-state index contributed by atoms with van der Waals surface area (Å²) in [6.07, 6.45) is 3.73. The normalized spacial score (nSPS) is 21.0. The van der Waals surface area contributed by atoms with Gasteiger partial charge in [0.1, 0.15) is 0 Å². The largest absolute Gasteiger partial charge is 0.351 e. The number of nitrogens with one attached hydrogen (secondary N) is 2. The summed E-state index contributed by atoms with van der Waals surface area (Å²) in [5.74, 6) is 1.12.